The Hall–Kier alpha value is -1.32. The van der Waals surface area contributed by atoms with Crippen LogP contribution in [-0.4, -0.2) is 25.0 Å². The molecule has 4 heteroatoms. The van der Waals surface area contributed by atoms with Gasteiger partial charge in [-0.1, -0.05) is 5.57 Å². The number of methoxy groups -OCH3 is 1. The Bertz CT molecular complexity index is 207. The molecule has 4 nitrogen and oxygen atoms in total. The third-order valence-corrected chi connectivity index (χ3v) is 1.42. The van der Waals surface area contributed by atoms with Crippen molar-refractivity contribution in [3.63, 3.8) is 0 Å². The van der Waals surface area contributed by atoms with Gasteiger partial charge in [0.15, 0.2) is 0 Å². The lowest BCUT2D eigenvalue weighted by Gasteiger charge is -2.14. The monoisotopic (exact) mass is 185 g/mol. The van der Waals surface area contributed by atoms with Crippen molar-refractivity contribution in [1.29, 1.82) is 0 Å². The molecule has 0 aliphatic carbocycles. The minimum atomic E-state index is -0.611. The molecule has 0 radical (unpaired) electrons. The van der Waals surface area contributed by atoms with Crippen molar-refractivity contribution in [1.82, 2.24) is 5.32 Å². The van der Waals surface area contributed by atoms with E-state index < -0.39 is 12.0 Å². The van der Waals surface area contributed by atoms with Crippen molar-refractivity contribution in [2.24, 2.45) is 0 Å². The van der Waals surface area contributed by atoms with Gasteiger partial charge in [0.1, 0.15) is 6.04 Å². The fraction of sp³-hybridized carbons (Fsp3) is 0.556. The molecule has 0 saturated carbocycles. The Kier molecular flexibility index (Phi) is 4.80. The standard InChI is InChI=1S/C9H15NO3/c1-6(2)5-8(9(12)13-4)10-7(3)11/h8H,1,5H2,2-4H3,(H,10,11)/t8-/m1/s1. The molecule has 0 aromatic rings. The number of hydrogen-bond acceptors (Lipinski definition) is 3. The molecule has 1 atom stereocenters. The summed E-state index contributed by atoms with van der Waals surface area (Å²) < 4.78 is 4.52. The highest BCUT2D eigenvalue weighted by Gasteiger charge is 2.19. The van der Waals surface area contributed by atoms with Crippen LogP contribution in [0.5, 0.6) is 0 Å². The van der Waals surface area contributed by atoms with E-state index in [0.29, 0.717) is 6.42 Å². The highest BCUT2D eigenvalue weighted by molar-refractivity contribution is 5.83. The topological polar surface area (TPSA) is 55.4 Å². The number of nitrogens with one attached hydrogen (secondary N) is 1. The van der Waals surface area contributed by atoms with E-state index in [-0.39, 0.29) is 5.91 Å². The Morgan fingerprint density at radius 2 is 2.00 bits per heavy atom. The predicted molar refractivity (Wildman–Crippen MR) is 49.1 cm³/mol. The van der Waals surface area contributed by atoms with Crippen molar-refractivity contribution >= 4 is 11.9 Å². The number of hydrogen-bond donors (Lipinski definition) is 1. The quantitative estimate of drug-likeness (QED) is 0.516. The Balaban J connectivity index is 4.26. The van der Waals surface area contributed by atoms with E-state index in [1.807, 2.05) is 0 Å². The first-order chi connectivity index (χ1) is 5.97. The predicted octanol–water partition coefficient (Wildman–Crippen LogP) is 0.630. The maximum Gasteiger partial charge on any atom is 0.328 e. The first kappa shape index (κ1) is 11.7. The lowest BCUT2D eigenvalue weighted by atomic mass is 10.1. The Labute approximate surface area is 78.0 Å². The van der Waals surface area contributed by atoms with Crippen molar-refractivity contribution in [3.05, 3.63) is 12.2 Å². The molecule has 74 valence electrons. The fourth-order valence-corrected chi connectivity index (χ4v) is 0.929. The van der Waals surface area contributed by atoms with Gasteiger partial charge in [-0.2, -0.15) is 0 Å². The van der Waals surface area contributed by atoms with Crippen LogP contribution < -0.4 is 5.32 Å². The molecule has 0 fully saturated rings. The van der Waals surface area contributed by atoms with Gasteiger partial charge in [-0.15, -0.1) is 6.58 Å². The molecule has 0 unspecified atom stereocenters. The van der Waals surface area contributed by atoms with E-state index in [2.05, 4.69) is 16.6 Å². The lowest BCUT2D eigenvalue weighted by Crippen LogP contribution is -2.40. The first-order valence-corrected chi connectivity index (χ1v) is 3.96. The molecule has 0 heterocycles. The van der Waals surface area contributed by atoms with E-state index in [1.165, 1.54) is 14.0 Å². The zero-order chi connectivity index (χ0) is 10.4. The van der Waals surface area contributed by atoms with Gasteiger partial charge in [-0.05, 0) is 13.3 Å². The Morgan fingerprint density at radius 3 is 2.31 bits per heavy atom. The molecule has 0 aliphatic heterocycles. The van der Waals surface area contributed by atoms with E-state index >= 15 is 0 Å². The highest BCUT2D eigenvalue weighted by atomic mass is 16.5. The van der Waals surface area contributed by atoms with Gasteiger partial charge in [0.05, 0.1) is 7.11 Å². The summed E-state index contributed by atoms with van der Waals surface area (Å²) in [7, 11) is 1.29. The number of carbonyl (C=O) groups is 2. The van der Waals surface area contributed by atoms with Crippen LogP contribution in [0, 0.1) is 0 Å². The first-order valence-electron chi connectivity index (χ1n) is 3.96. The second-order valence-corrected chi connectivity index (χ2v) is 2.94. The number of carbonyl (C=O) groups excluding carboxylic acids is 2. The number of amides is 1. The van der Waals surface area contributed by atoms with Gasteiger partial charge in [0.2, 0.25) is 5.91 Å². The number of ether oxygens (including phenoxy) is 1. The van der Waals surface area contributed by atoms with Gasteiger partial charge in [0, 0.05) is 6.92 Å². The second kappa shape index (κ2) is 5.35. The van der Waals surface area contributed by atoms with E-state index in [1.54, 1.807) is 6.92 Å². The van der Waals surface area contributed by atoms with Crippen LogP contribution in [0.4, 0.5) is 0 Å². The molecule has 1 N–H and O–H groups in total. The zero-order valence-electron chi connectivity index (χ0n) is 8.22. The molecule has 13 heavy (non-hydrogen) atoms. The van der Waals surface area contributed by atoms with E-state index in [4.69, 9.17) is 0 Å². The van der Waals surface area contributed by atoms with Crippen LogP contribution in [0.1, 0.15) is 20.3 Å². The Morgan fingerprint density at radius 1 is 1.46 bits per heavy atom. The normalized spacial score (nSPS) is 11.6. The summed E-state index contributed by atoms with van der Waals surface area (Å²) >= 11 is 0. The lowest BCUT2D eigenvalue weighted by molar-refractivity contribution is -0.144. The summed E-state index contributed by atoms with van der Waals surface area (Å²) in [5, 5.41) is 2.49. The van der Waals surface area contributed by atoms with Crippen molar-refractivity contribution in [3.8, 4) is 0 Å². The fourth-order valence-electron chi connectivity index (χ4n) is 0.929. The average molecular weight is 185 g/mol. The van der Waals surface area contributed by atoms with Gasteiger partial charge >= 0.3 is 5.97 Å². The summed E-state index contributed by atoms with van der Waals surface area (Å²) in [6.45, 7) is 6.80. The zero-order valence-corrected chi connectivity index (χ0v) is 8.22. The van der Waals surface area contributed by atoms with Crippen LogP contribution in [-0.2, 0) is 14.3 Å². The molecule has 0 spiro atoms. The van der Waals surface area contributed by atoms with Crippen LogP contribution >= 0.6 is 0 Å². The molecule has 0 aromatic carbocycles. The summed E-state index contributed by atoms with van der Waals surface area (Å²) in [6.07, 6.45) is 0.409. The van der Waals surface area contributed by atoms with Gasteiger partial charge < -0.3 is 10.1 Å². The summed E-state index contributed by atoms with van der Waals surface area (Å²) in [6, 6.07) is -0.611. The SMILES string of the molecule is C=C(C)C[C@@H](NC(C)=O)C(=O)OC. The van der Waals surface area contributed by atoms with E-state index in [0.717, 1.165) is 5.57 Å². The molecule has 0 aliphatic rings. The highest BCUT2D eigenvalue weighted by Crippen LogP contribution is 2.03. The largest absolute Gasteiger partial charge is 0.467 e. The van der Waals surface area contributed by atoms with Crippen LogP contribution in [0.2, 0.25) is 0 Å². The summed E-state index contributed by atoms with van der Waals surface area (Å²) in [5.74, 6) is -0.699. The summed E-state index contributed by atoms with van der Waals surface area (Å²) in [4.78, 5) is 21.8. The van der Waals surface area contributed by atoms with Crippen LogP contribution in [0.25, 0.3) is 0 Å². The van der Waals surface area contributed by atoms with Gasteiger partial charge in [-0.3, -0.25) is 4.79 Å². The van der Waals surface area contributed by atoms with Gasteiger partial charge in [0.25, 0.3) is 0 Å². The van der Waals surface area contributed by atoms with Crippen molar-refractivity contribution < 1.29 is 14.3 Å². The second-order valence-electron chi connectivity index (χ2n) is 2.94. The molecule has 0 aromatic heterocycles. The summed E-state index contributed by atoms with van der Waals surface area (Å²) in [5.41, 5.74) is 0.823. The minimum Gasteiger partial charge on any atom is -0.467 e. The van der Waals surface area contributed by atoms with Crippen LogP contribution in [0.15, 0.2) is 12.2 Å². The molecule has 1 amide bonds. The molecule has 0 bridgehead atoms. The number of rotatable bonds is 4. The number of esters is 1. The smallest absolute Gasteiger partial charge is 0.328 e. The molecule has 0 saturated heterocycles. The molecular formula is C9H15NO3. The molecule has 0 rings (SSSR count). The van der Waals surface area contributed by atoms with Crippen LogP contribution in [0.3, 0.4) is 0 Å². The average Bonchev–Trinajstić information content (AvgIpc) is 2.00. The maximum absolute atomic E-state index is 11.1. The van der Waals surface area contributed by atoms with Crippen molar-refractivity contribution in [2.45, 2.75) is 26.3 Å². The van der Waals surface area contributed by atoms with Gasteiger partial charge in [-0.25, -0.2) is 4.79 Å². The minimum absolute atomic E-state index is 0.253. The van der Waals surface area contributed by atoms with E-state index in [9.17, 15) is 9.59 Å². The third-order valence-electron chi connectivity index (χ3n) is 1.42. The maximum atomic E-state index is 11.1. The third kappa shape index (κ3) is 5.00. The van der Waals surface area contributed by atoms with Crippen molar-refractivity contribution in [2.75, 3.05) is 7.11 Å². The molecular weight excluding hydrogens is 170 g/mol.